The fourth-order valence-electron chi connectivity index (χ4n) is 4.10. The molecular weight excluding hydrogens is 372 g/mol. The molecule has 1 aliphatic heterocycles. The Morgan fingerprint density at radius 1 is 1.17 bits per heavy atom. The first-order chi connectivity index (χ1) is 13.9. The Morgan fingerprint density at radius 3 is 2.52 bits per heavy atom. The first kappa shape index (κ1) is 21.0. The molecule has 7 heteroatoms. The second kappa shape index (κ2) is 9.67. The van der Waals surface area contributed by atoms with E-state index in [1.165, 1.54) is 6.92 Å². The zero-order valence-corrected chi connectivity index (χ0v) is 16.8. The number of ketones is 1. The molecule has 156 valence electrons. The lowest BCUT2D eigenvalue weighted by molar-refractivity contribution is -0.152. The lowest BCUT2D eigenvalue weighted by atomic mass is 10.0. The maximum atomic E-state index is 12.3. The molecule has 0 aromatic heterocycles. The van der Waals surface area contributed by atoms with Crippen LogP contribution in [0.25, 0.3) is 0 Å². The number of nitrogens with one attached hydrogen (secondary N) is 1. The number of nitrogens with zero attached hydrogens (tertiary/aromatic N) is 1. The summed E-state index contributed by atoms with van der Waals surface area (Å²) in [5.41, 5.74) is 0.932. The van der Waals surface area contributed by atoms with Gasteiger partial charge in [0.2, 0.25) is 5.91 Å². The highest BCUT2D eigenvalue weighted by Gasteiger charge is 2.39. The predicted octanol–water partition coefficient (Wildman–Crippen LogP) is 1.64. The van der Waals surface area contributed by atoms with Crippen LogP contribution in [0.2, 0.25) is 0 Å². The molecule has 0 bridgehead atoms. The van der Waals surface area contributed by atoms with Gasteiger partial charge < -0.3 is 15.0 Å². The third-order valence-electron chi connectivity index (χ3n) is 5.71. The molecule has 1 aromatic carbocycles. The van der Waals surface area contributed by atoms with E-state index in [4.69, 9.17) is 4.74 Å². The summed E-state index contributed by atoms with van der Waals surface area (Å²) < 4.78 is 5.14. The van der Waals surface area contributed by atoms with Crippen molar-refractivity contribution in [3.8, 4) is 0 Å². The third-order valence-corrected chi connectivity index (χ3v) is 5.71. The Bertz CT molecular complexity index is 758. The highest BCUT2D eigenvalue weighted by molar-refractivity contribution is 5.90. The number of amides is 2. The molecule has 1 N–H and O–H groups in total. The van der Waals surface area contributed by atoms with Crippen molar-refractivity contribution >= 4 is 23.6 Å². The average Bonchev–Trinajstić information content (AvgIpc) is 3.36. The molecule has 1 saturated carbocycles. The summed E-state index contributed by atoms with van der Waals surface area (Å²) in [5, 5.41) is 2.63. The Kier molecular flexibility index (Phi) is 7.01. The van der Waals surface area contributed by atoms with E-state index in [-0.39, 0.29) is 24.2 Å². The van der Waals surface area contributed by atoms with Gasteiger partial charge in [0.1, 0.15) is 0 Å². The van der Waals surface area contributed by atoms with Crippen molar-refractivity contribution in [3.05, 3.63) is 35.9 Å². The van der Waals surface area contributed by atoms with Gasteiger partial charge in [-0.05, 0) is 31.7 Å². The molecule has 0 radical (unpaired) electrons. The topological polar surface area (TPSA) is 92.8 Å². The molecule has 2 atom stereocenters. The first-order valence-electron chi connectivity index (χ1n) is 10.2. The molecular formula is C22H28N2O5. The highest BCUT2D eigenvalue weighted by atomic mass is 16.5. The monoisotopic (exact) mass is 400 g/mol. The lowest BCUT2D eigenvalue weighted by Gasteiger charge is -2.23. The molecule has 3 rings (SSSR count). The standard InChI is InChI=1S/C22H28N2O5/c1-15(25)19(11-16-7-3-2-4-8-16)23-20(26)14-29-22(28)17-12-21(27)24(13-17)18-9-5-6-10-18/h2-4,7-8,17-19H,5-6,9-14H2,1H3,(H,23,26)/t17-,19-/m1/s1. The normalized spacial score (nSPS) is 20.5. The van der Waals surface area contributed by atoms with Crippen LogP contribution >= 0.6 is 0 Å². The first-order valence-corrected chi connectivity index (χ1v) is 10.2. The molecule has 2 aliphatic rings. The molecule has 29 heavy (non-hydrogen) atoms. The van der Waals surface area contributed by atoms with E-state index in [2.05, 4.69) is 5.32 Å². The number of hydrogen-bond acceptors (Lipinski definition) is 5. The van der Waals surface area contributed by atoms with Crippen molar-refractivity contribution in [1.82, 2.24) is 10.2 Å². The van der Waals surface area contributed by atoms with E-state index in [0.717, 1.165) is 31.2 Å². The van der Waals surface area contributed by atoms with Crippen LogP contribution in [0.4, 0.5) is 0 Å². The molecule has 1 saturated heterocycles. The zero-order chi connectivity index (χ0) is 20.8. The van der Waals surface area contributed by atoms with Crippen LogP contribution in [0.3, 0.4) is 0 Å². The van der Waals surface area contributed by atoms with Gasteiger partial charge in [-0.3, -0.25) is 19.2 Å². The Hall–Kier alpha value is -2.70. The Balaban J connectivity index is 1.46. The van der Waals surface area contributed by atoms with E-state index in [1.807, 2.05) is 30.3 Å². The molecule has 2 amide bonds. The van der Waals surface area contributed by atoms with E-state index in [9.17, 15) is 19.2 Å². The van der Waals surface area contributed by atoms with Crippen LogP contribution in [0.5, 0.6) is 0 Å². The van der Waals surface area contributed by atoms with Crippen molar-refractivity contribution in [3.63, 3.8) is 0 Å². The van der Waals surface area contributed by atoms with Gasteiger partial charge in [0.05, 0.1) is 12.0 Å². The second-order valence-corrected chi connectivity index (χ2v) is 7.91. The number of ether oxygens (including phenoxy) is 1. The van der Waals surface area contributed by atoms with Crippen molar-refractivity contribution in [2.75, 3.05) is 13.2 Å². The van der Waals surface area contributed by atoms with Crippen LogP contribution in [0, 0.1) is 5.92 Å². The minimum atomic E-state index is -0.672. The average molecular weight is 400 g/mol. The number of benzene rings is 1. The number of Topliss-reactive ketones (excluding diaryl/α,β-unsaturated/α-hetero) is 1. The van der Waals surface area contributed by atoms with Crippen LogP contribution in [-0.4, -0.2) is 53.7 Å². The van der Waals surface area contributed by atoms with E-state index in [0.29, 0.717) is 13.0 Å². The van der Waals surface area contributed by atoms with Crippen LogP contribution < -0.4 is 5.32 Å². The number of esters is 1. The smallest absolute Gasteiger partial charge is 0.311 e. The number of carbonyl (C=O) groups is 4. The molecule has 1 aliphatic carbocycles. The van der Waals surface area contributed by atoms with E-state index >= 15 is 0 Å². The Morgan fingerprint density at radius 2 is 1.86 bits per heavy atom. The summed E-state index contributed by atoms with van der Waals surface area (Å²) >= 11 is 0. The maximum absolute atomic E-state index is 12.3. The van der Waals surface area contributed by atoms with Crippen molar-refractivity contribution in [2.24, 2.45) is 5.92 Å². The van der Waals surface area contributed by atoms with Gasteiger partial charge in [-0.25, -0.2) is 0 Å². The summed E-state index contributed by atoms with van der Waals surface area (Å²) in [4.78, 5) is 50.4. The summed E-state index contributed by atoms with van der Waals surface area (Å²) in [7, 11) is 0. The van der Waals surface area contributed by atoms with Crippen LogP contribution in [0.1, 0.15) is 44.6 Å². The summed E-state index contributed by atoms with van der Waals surface area (Å²) in [6.45, 7) is 1.33. The number of carbonyl (C=O) groups excluding carboxylic acids is 4. The predicted molar refractivity (Wildman–Crippen MR) is 106 cm³/mol. The van der Waals surface area contributed by atoms with Crippen molar-refractivity contribution < 1.29 is 23.9 Å². The SMILES string of the molecule is CC(=O)[C@@H](Cc1ccccc1)NC(=O)COC(=O)[C@@H]1CC(=O)N(C2CCCC2)C1. The van der Waals surface area contributed by atoms with Crippen molar-refractivity contribution in [2.45, 2.75) is 57.5 Å². The summed E-state index contributed by atoms with van der Waals surface area (Å²) in [5.74, 6) is -1.75. The minimum Gasteiger partial charge on any atom is -0.455 e. The maximum Gasteiger partial charge on any atom is 0.311 e. The molecule has 0 spiro atoms. The van der Waals surface area contributed by atoms with Gasteiger partial charge in [0.15, 0.2) is 12.4 Å². The largest absolute Gasteiger partial charge is 0.455 e. The highest BCUT2D eigenvalue weighted by Crippen LogP contribution is 2.29. The van der Waals surface area contributed by atoms with Crippen LogP contribution in [-0.2, 0) is 30.3 Å². The summed E-state index contributed by atoms with van der Waals surface area (Å²) in [6, 6.07) is 8.95. The Labute approximate surface area is 170 Å². The van der Waals surface area contributed by atoms with Gasteiger partial charge in [-0.1, -0.05) is 43.2 Å². The molecule has 2 fully saturated rings. The van der Waals surface area contributed by atoms with Crippen molar-refractivity contribution in [1.29, 1.82) is 0 Å². The molecule has 0 unspecified atom stereocenters. The van der Waals surface area contributed by atoms with Gasteiger partial charge in [-0.15, -0.1) is 0 Å². The number of rotatable bonds is 8. The molecule has 7 nitrogen and oxygen atoms in total. The van der Waals surface area contributed by atoms with Gasteiger partial charge in [0.25, 0.3) is 5.91 Å². The van der Waals surface area contributed by atoms with Gasteiger partial charge in [0, 0.05) is 19.0 Å². The van der Waals surface area contributed by atoms with Crippen LogP contribution in [0.15, 0.2) is 30.3 Å². The third kappa shape index (κ3) is 5.65. The molecule has 1 heterocycles. The quantitative estimate of drug-likeness (QED) is 0.670. The lowest BCUT2D eigenvalue weighted by Crippen LogP contribution is -2.43. The number of hydrogen-bond donors (Lipinski definition) is 1. The van der Waals surface area contributed by atoms with Gasteiger partial charge in [-0.2, -0.15) is 0 Å². The van der Waals surface area contributed by atoms with Gasteiger partial charge >= 0.3 is 5.97 Å². The fraction of sp³-hybridized carbons (Fsp3) is 0.545. The fourth-order valence-corrected chi connectivity index (χ4v) is 4.10. The van der Waals surface area contributed by atoms with E-state index in [1.54, 1.807) is 4.90 Å². The number of likely N-dealkylation sites (tertiary alicyclic amines) is 1. The minimum absolute atomic E-state index is 0.0113. The van der Waals surface area contributed by atoms with E-state index < -0.39 is 30.4 Å². The molecule has 1 aromatic rings. The summed E-state index contributed by atoms with van der Waals surface area (Å²) in [6.07, 6.45) is 4.73. The zero-order valence-electron chi connectivity index (χ0n) is 16.8. The second-order valence-electron chi connectivity index (χ2n) is 7.91.